The highest BCUT2D eigenvalue weighted by molar-refractivity contribution is 7.47. The third-order valence-corrected chi connectivity index (χ3v) is 8.40. The normalized spacial score (nSPS) is 14.1. The van der Waals surface area contributed by atoms with E-state index in [-0.39, 0.29) is 32.6 Å². The predicted octanol–water partition coefficient (Wildman–Crippen LogP) is 10.2. The molecule has 2 unspecified atom stereocenters. The number of rotatable bonds is 34. The molecule has 9 nitrogen and oxygen atoms in total. The topological polar surface area (TPSA) is 134 Å². The molecule has 10 heteroatoms. The molecule has 0 aliphatic carbocycles. The van der Waals surface area contributed by atoms with Crippen molar-refractivity contribution in [1.29, 1.82) is 0 Å². The van der Waals surface area contributed by atoms with Gasteiger partial charge >= 0.3 is 19.8 Å². The number of unbranched alkanes of at least 4 members (excludes halogenated alkanes) is 11. The van der Waals surface area contributed by atoms with Crippen LogP contribution in [0.1, 0.15) is 142 Å². The molecule has 0 bridgehead atoms. The van der Waals surface area contributed by atoms with Gasteiger partial charge in [0.25, 0.3) is 0 Å². The molecule has 0 radical (unpaired) electrons. The second kappa shape index (κ2) is 35.5. The van der Waals surface area contributed by atoms with E-state index in [0.717, 1.165) is 51.4 Å². The maximum atomic E-state index is 12.5. The Morgan fingerprint density at radius 1 is 0.633 bits per heavy atom. The minimum atomic E-state index is -4.39. The number of hydrogen-bond acceptors (Lipinski definition) is 8. The van der Waals surface area contributed by atoms with E-state index in [1.165, 1.54) is 51.4 Å². The average molecular weight is 710 g/mol. The number of allylic oxidation sites excluding steroid dienone is 10. The van der Waals surface area contributed by atoms with E-state index in [4.69, 9.17) is 24.3 Å². The first-order chi connectivity index (χ1) is 23.8. The Kier molecular flexibility index (Phi) is 33.9. The van der Waals surface area contributed by atoms with Crippen LogP contribution in [0.3, 0.4) is 0 Å². The van der Waals surface area contributed by atoms with Crippen molar-refractivity contribution in [3.05, 3.63) is 60.8 Å². The lowest BCUT2D eigenvalue weighted by Crippen LogP contribution is -2.29. The Morgan fingerprint density at radius 3 is 1.65 bits per heavy atom. The lowest BCUT2D eigenvalue weighted by Gasteiger charge is -2.19. The number of carbonyl (C=O) groups excluding carboxylic acids is 2. The molecule has 282 valence electrons. The van der Waals surface area contributed by atoms with E-state index in [9.17, 15) is 19.0 Å². The third kappa shape index (κ3) is 35.3. The van der Waals surface area contributed by atoms with Gasteiger partial charge in [0.15, 0.2) is 6.10 Å². The molecule has 0 fully saturated rings. The highest BCUT2D eigenvalue weighted by atomic mass is 31.2. The molecule has 3 N–H and O–H groups in total. The zero-order valence-corrected chi connectivity index (χ0v) is 31.5. The van der Waals surface area contributed by atoms with Gasteiger partial charge in [0.05, 0.1) is 13.2 Å². The first-order valence-corrected chi connectivity index (χ1v) is 20.3. The van der Waals surface area contributed by atoms with Crippen molar-refractivity contribution < 1.29 is 37.6 Å². The van der Waals surface area contributed by atoms with Crippen molar-refractivity contribution in [2.45, 2.75) is 148 Å². The van der Waals surface area contributed by atoms with Gasteiger partial charge < -0.3 is 20.1 Å². The number of hydrogen-bond donors (Lipinski definition) is 2. The minimum absolute atomic E-state index is 0.0425. The summed E-state index contributed by atoms with van der Waals surface area (Å²) < 4.78 is 32.5. The lowest BCUT2D eigenvalue weighted by atomic mass is 10.1. The summed E-state index contributed by atoms with van der Waals surface area (Å²) >= 11 is 0. The summed E-state index contributed by atoms with van der Waals surface area (Å²) in [5.41, 5.74) is 5.32. The van der Waals surface area contributed by atoms with Crippen LogP contribution in [0.25, 0.3) is 0 Å². The van der Waals surface area contributed by atoms with Crippen LogP contribution in [-0.4, -0.2) is 49.3 Å². The van der Waals surface area contributed by atoms with Gasteiger partial charge in [-0.2, -0.15) is 0 Å². The van der Waals surface area contributed by atoms with Gasteiger partial charge in [-0.05, 0) is 51.4 Å². The fourth-order valence-electron chi connectivity index (χ4n) is 4.67. The van der Waals surface area contributed by atoms with Crippen LogP contribution in [0.5, 0.6) is 0 Å². The molecule has 0 aliphatic rings. The van der Waals surface area contributed by atoms with E-state index in [0.29, 0.717) is 12.8 Å². The summed E-state index contributed by atoms with van der Waals surface area (Å²) in [7, 11) is -4.39. The Hall–Kier alpha value is -2.29. The van der Waals surface area contributed by atoms with Crippen molar-refractivity contribution >= 4 is 19.8 Å². The maximum absolute atomic E-state index is 12.5. The molecule has 0 spiro atoms. The van der Waals surface area contributed by atoms with Crippen molar-refractivity contribution in [1.82, 2.24) is 0 Å². The number of nitrogens with two attached hydrogens (primary N) is 1. The SMILES string of the molecule is CC/C=C\C/C=C\C/C=C\C/C=C\C/C=C\CCCC(=O)OC(COC(=O)CCCCCCCCCCCCC)COP(=O)(O)OCCN. The Bertz CT molecular complexity index is 992. The summed E-state index contributed by atoms with van der Waals surface area (Å²) in [6.45, 7) is 3.52. The Balaban J connectivity index is 4.35. The van der Waals surface area contributed by atoms with Gasteiger partial charge in [0.1, 0.15) is 6.61 Å². The molecule has 49 heavy (non-hydrogen) atoms. The van der Waals surface area contributed by atoms with Gasteiger partial charge in [-0.3, -0.25) is 18.6 Å². The first kappa shape index (κ1) is 46.7. The standard InChI is InChI=1S/C39H68NO8P/c1-3-5-7-9-11-13-15-16-17-18-19-20-22-24-26-28-30-32-39(42)48-37(36-47-49(43,44)46-34-33-40)35-45-38(41)31-29-27-25-23-21-14-12-10-8-6-4-2/h5,7,11,13,16-17,19-20,24,26,37H,3-4,6,8-10,12,14-15,18,21-23,25,27-36,40H2,1-2H3,(H,43,44)/b7-5-,13-11-,17-16-,20-19-,26-24-. The summed E-state index contributed by atoms with van der Waals surface area (Å²) in [5, 5.41) is 0. The number of ether oxygens (including phenoxy) is 2. The van der Waals surface area contributed by atoms with Crippen LogP contribution in [-0.2, 0) is 32.7 Å². The van der Waals surface area contributed by atoms with E-state index < -0.39 is 32.5 Å². The fraction of sp³-hybridized carbons (Fsp3) is 0.692. The largest absolute Gasteiger partial charge is 0.472 e. The number of carbonyl (C=O) groups is 2. The summed E-state index contributed by atoms with van der Waals surface area (Å²) in [4.78, 5) is 34.6. The Labute approximate surface area is 298 Å². The van der Waals surface area contributed by atoms with E-state index >= 15 is 0 Å². The molecule has 0 rings (SSSR count). The Morgan fingerprint density at radius 2 is 1.12 bits per heavy atom. The highest BCUT2D eigenvalue weighted by Crippen LogP contribution is 2.43. The van der Waals surface area contributed by atoms with Gasteiger partial charge in [-0.1, -0.05) is 139 Å². The zero-order valence-electron chi connectivity index (χ0n) is 30.7. The van der Waals surface area contributed by atoms with Crippen LogP contribution < -0.4 is 5.73 Å². The molecular formula is C39H68NO8P. The first-order valence-electron chi connectivity index (χ1n) is 18.8. The van der Waals surface area contributed by atoms with Crippen LogP contribution >= 0.6 is 7.82 Å². The fourth-order valence-corrected chi connectivity index (χ4v) is 5.43. The number of phosphoric ester groups is 1. The summed E-state index contributed by atoms with van der Waals surface area (Å²) in [6, 6.07) is 0. The van der Waals surface area contributed by atoms with Crippen LogP contribution in [0.2, 0.25) is 0 Å². The molecule has 0 saturated carbocycles. The van der Waals surface area contributed by atoms with Gasteiger partial charge in [0.2, 0.25) is 0 Å². The van der Waals surface area contributed by atoms with Gasteiger partial charge in [-0.15, -0.1) is 0 Å². The maximum Gasteiger partial charge on any atom is 0.472 e. The van der Waals surface area contributed by atoms with Crippen LogP contribution in [0.4, 0.5) is 0 Å². The molecule has 2 atom stereocenters. The number of esters is 2. The van der Waals surface area contributed by atoms with Crippen molar-refractivity contribution in [2.75, 3.05) is 26.4 Å². The molecule has 0 aromatic heterocycles. The molecule has 0 amide bonds. The molecule has 0 aromatic carbocycles. The van der Waals surface area contributed by atoms with Crippen molar-refractivity contribution in [3.63, 3.8) is 0 Å². The van der Waals surface area contributed by atoms with E-state index in [2.05, 4.69) is 68.5 Å². The van der Waals surface area contributed by atoms with Crippen molar-refractivity contribution in [3.8, 4) is 0 Å². The minimum Gasteiger partial charge on any atom is -0.462 e. The van der Waals surface area contributed by atoms with E-state index in [1.807, 2.05) is 6.08 Å². The molecule has 0 heterocycles. The van der Waals surface area contributed by atoms with E-state index in [1.54, 1.807) is 0 Å². The molecule has 0 aromatic rings. The predicted molar refractivity (Wildman–Crippen MR) is 201 cm³/mol. The highest BCUT2D eigenvalue weighted by Gasteiger charge is 2.25. The average Bonchev–Trinajstić information content (AvgIpc) is 3.08. The van der Waals surface area contributed by atoms with Crippen LogP contribution in [0.15, 0.2) is 60.8 Å². The smallest absolute Gasteiger partial charge is 0.462 e. The third-order valence-electron chi connectivity index (χ3n) is 7.42. The number of phosphoric acid groups is 1. The lowest BCUT2D eigenvalue weighted by molar-refractivity contribution is -0.161. The zero-order chi connectivity index (χ0) is 36.1. The quantitative estimate of drug-likeness (QED) is 0.0290. The molecule has 0 aliphatic heterocycles. The van der Waals surface area contributed by atoms with Gasteiger partial charge in [0, 0.05) is 19.4 Å². The summed E-state index contributed by atoms with van der Waals surface area (Å²) in [5.74, 6) is -0.903. The van der Waals surface area contributed by atoms with Crippen LogP contribution in [0, 0.1) is 0 Å². The second-order valence-electron chi connectivity index (χ2n) is 12.1. The monoisotopic (exact) mass is 709 g/mol. The van der Waals surface area contributed by atoms with Gasteiger partial charge in [-0.25, -0.2) is 4.57 Å². The molecule has 0 saturated heterocycles. The summed E-state index contributed by atoms with van der Waals surface area (Å²) in [6.07, 6.45) is 39.7. The molecular weight excluding hydrogens is 641 g/mol. The second-order valence-corrected chi connectivity index (χ2v) is 13.5. The van der Waals surface area contributed by atoms with Crippen molar-refractivity contribution in [2.24, 2.45) is 5.73 Å².